The number of carbonyl (C=O) groups excluding carboxylic acids is 1. The van der Waals surface area contributed by atoms with Crippen LogP contribution < -0.4 is 20.9 Å². The van der Waals surface area contributed by atoms with Gasteiger partial charge in [0.2, 0.25) is 0 Å². The second kappa shape index (κ2) is 13.0. The van der Waals surface area contributed by atoms with Gasteiger partial charge in [0.15, 0.2) is 6.23 Å². The van der Waals surface area contributed by atoms with E-state index in [1.165, 1.54) is 13.1 Å². The minimum absolute atomic E-state index is 0.152. The Hall–Kier alpha value is -2.90. The summed E-state index contributed by atoms with van der Waals surface area (Å²) in [6.07, 6.45) is 1.78. The maximum absolute atomic E-state index is 13.0. The van der Waals surface area contributed by atoms with Crippen molar-refractivity contribution in [1.82, 2.24) is 14.6 Å². The zero-order valence-corrected chi connectivity index (χ0v) is 25.6. The van der Waals surface area contributed by atoms with Crippen molar-refractivity contribution >= 4 is 35.2 Å². The molecule has 232 valence electrons. The average molecular weight is 634 g/mol. The second-order valence-corrected chi connectivity index (χ2v) is 14.3. The number of aliphatic hydroxyl groups is 2. The highest BCUT2D eigenvalue weighted by Crippen LogP contribution is 2.48. The van der Waals surface area contributed by atoms with Crippen LogP contribution in [-0.2, 0) is 30.6 Å². The van der Waals surface area contributed by atoms with Crippen LogP contribution in [0.2, 0.25) is 0 Å². The van der Waals surface area contributed by atoms with Gasteiger partial charge in [0, 0.05) is 17.6 Å². The van der Waals surface area contributed by atoms with Gasteiger partial charge in [-0.1, -0.05) is 42.8 Å². The van der Waals surface area contributed by atoms with Gasteiger partial charge in [-0.2, -0.15) is 0 Å². The van der Waals surface area contributed by atoms with Gasteiger partial charge in [0.25, 0.3) is 5.56 Å². The number of nitrogens with zero attached hydrogens (tertiary/aromatic N) is 1. The standard InChI is InChI=1S/C29H36N3O9PS/c1-18(26(35)39-20-11-4-3-5-12-20)31-42(43,41-22-14-8-10-19-9-6-7-13-21(19)22)38-17-23-25(34)29(2,37)27(40-23)32-16-15-24(33)30-28(32)36/h6-10,13-16,18,20,23,25,27,34,37H,3-5,11-12,17H2,1-2H3,(H,31,43)(H,30,33,36)/t18-,23+,25+,27+,29+,42?/m0/s1. The Kier molecular flexibility index (Phi) is 9.52. The van der Waals surface area contributed by atoms with E-state index in [4.69, 9.17) is 30.3 Å². The second-order valence-electron chi connectivity index (χ2n) is 11.1. The first-order chi connectivity index (χ1) is 20.5. The summed E-state index contributed by atoms with van der Waals surface area (Å²) in [5.41, 5.74) is -3.37. The Morgan fingerprint density at radius 3 is 2.65 bits per heavy atom. The minimum Gasteiger partial charge on any atom is -0.461 e. The summed E-state index contributed by atoms with van der Waals surface area (Å²) in [5, 5.41) is 26.8. The highest BCUT2D eigenvalue weighted by Gasteiger charge is 2.54. The monoisotopic (exact) mass is 633 g/mol. The fourth-order valence-electron chi connectivity index (χ4n) is 5.40. The Labute approximate surface area is 253 Å². The van der Waals surface area contributed by atoms with Crippen molar-refractivity contribution in [2.45, 2.75) is 82.1 Å². The number of benzene rings is 2. The third kappa shape index (κ3) is 7.09. The molecule has 0 radical (unpaired) electrons. The van der Waals surface area contributed by atoms with E-state index < -0.39 is 53.9 Å². The Balaban J connectivity index is 1.37. The van der Waals surface area contributed by atoms with Crippen LogP contribution in [0.25, 0.3) is 10.8 Å². The minimum atomic E-state index is -3.54. The lowest BCUT2D eigenvalue weighted by Crippen LogP contribution is -2.47. The molecule has 6 atom stereocenters. The van der Waals surface area contributed by atoms with Gasteiger partial charge in [-0.05, 0) is 62.8 Å². The molecule has 1 saturated carbocycles. The van der Waals surface area contributed by atoms with Gasteiger partial charge in [-0.25, -0.2) is 9.88 Å². The SMILES string of the molecule is C[C@H](NP(=S)(OC[C@H]1O[C@@H](n2ccc(=O)[nH]c2=O)[C@](C)(O)[C@@H]1O)Oc1cccc2ccccc12)C(=O)OC1CCCCC1. The molecule has 4 N–H and O–H groups in total. The molecule has 14 heteroatoms. The van der Waals surface area contributed by atoms with Crippen LogP contribution in [0.1, 0.15) is 52.2 Å². The van der Waals surface area contributed by atoms with Crippen LogP contribution in [0.15, 0.2) is 64.3 Å². The Bertz CT molecular complexity index is 1610. The highest BCUT2D eigenvalue weighted by molar-refractivity contribution is 8.09. The molecule has 2 fully saturated rings. The molecular formula is C29H36N3O9PS. The number of ether oxygens (including phenoxy) is 2. The van der Waals surface area contributed by atoms with Crippen molar-refractivity contribution in [3.63, 3.8) is 0 Å². The van der Waals surface area contributed by atoms with Crippen LogP contribution in [0.3, 0.4) is 0 Å². The van der Waals surface area contributed by atoms with E-state index in [9.17, 15) is 24.6 Å². The third-order valence-corrected chi connectivity index (χ3v) is 10.3. The molecule has 2 heterocycles. The predicted molar refractivity (Wildman–Crippen MR) is 162 cm³/mol. The summed E-state index contributed by atoms with van der Waals surface area (Å²) in [7, 11) is 0. The summed E-state index contributed by atoms with van der Waals surface area (Å²) < 4.78 is 25.0. The molecular weight excluding hydrogens is 597 g/mol. The summed E-state index contributed by atoms with van der Waals surface area (Å²) in [5.74, 6) is -0.0526. The summed E-state index contributed by atoms with van der Waals surface area (Å²) >= 11 is 5.89. The first-order valence-corrected chi connectivity index (χ1v) is 16.9. The quantitative estimate of drug-likeness (QED) is 0.192. The molecule has 12 nitrogen and oxygen atoms in total. The van der Waals surface area contributed by atoms with Gasteiger partial charge in [0.1, 0.15) is 35.7 Å². The molecule has 3 aromatic rings. The molecule has 0 amide bonds. The summed E-state index contributed by atoms with van der Waals surface area (Å²) in [6, 6.07) is 13.3. The van der Waals surface area contributed by atoms with Crippen molar-refractivity contribution in [3.05, 3.63) is 75.6 Å². The zero-order chi connectivity index (χ0) is 30.8. The van der Waals surface area contributed by atoms with Gasteiger partial charge in [-0.3, -0.25) is 19.1 Å². The van der Waals surface area contributed by atoms with E-state index in [1.54, 1.807) is 13.0 Å². The van der Waals surface area contributed by atoms with E-state index in [2.05, 4.69) is 10.1 Å². The smallest absolute Gasteiger partial charge is 0.330 e. The average Bonchev–Trinajstić information content (AvgIpc) is 3.20. The molecule has 2 aromatic carbocycles. The summed E-state index contributed by atoms with van der Waals surface area (Å²) in [4.78, 5) is 39.1. The number of hydrogen-bond acceptors (Lipinski definition) is 10. The van der Waals surface area contributed by atoms with Crippen molar-refractivity contribution in [2.75, 3.05) is 6.61 Å². The number of aromatic nitrogens is 2. The van der Waals surface area contributed by atoms with Crippen molar-refractivity contribution in [1.29, 1.82) is 0 Å². The number of aromatic amines is 1. The number of hydrogen-bond donors (Lipinski definition) is 4. The highest BCUT2D eigenvalue weighted by atomic mass is 32.5. The van der Waals surface area contributed by atoms with E-state index in [1.807, 2.05) is 36.4 Å². The molecule has 1 aliphatic heterocycles. The molecule has 2 aliphatic rings. The van der Waals surface area contributed by atoms with Crippen LogP contribution >= 0.6 is 6.64 Å². The molecule has 0 bridgehead atoms. The van der Waals surface area contributed by atoms with Crippen molar-refractivity contribution in [2.24, 2.45) is 0 Å². The molecule has 5 rings (SSSR count). The molecule has 1 aromatic heterocycles. The Morgan fingerprint density at radius 1 is 1.19 bits per heavy atom. The first-order valence-electron chi connectivity index (χ1n) is 14.2. The van der Waals surface area contributed by atoms with Gasteiger partial charge >= 0.3 is 18.3 Å². The van der Waals surface area contributed by atoms with Crippen LogP contribution in [0.5, 0.6) is 5.75 Å². The number of carbonyl (C=O) groups is 1. The lowest BCUT2D eigenvalue weighted by molar-refractivity contribution is -0.152. The van der Waals surface area contributed by atoms with Gasteiger partial charge in [0.05, 0.1) is 6.61 Å². The zero-order valence-electron chi connectivity index (χ0n) is 23.9. The number of nitrogens with one attached hydrogen (secondary N) is 2. The maximum atomic E-state index is 13.0. The van der Waals surface area contributed by atoms with Crippen molar-refractivity contribution in [3.8, 4) is 5.75 Å². The normalized spacial score (nSPS) is 26.6. The fourth-order valence-corrected chi connectivity index (χ4v) is 7.81. The lowest BCUT2D eigenvalue weighted by Gasteiger charge is -2.29. The topological polar surface area (TPSA) is 161 Å². The largest absolute Gasteiger partial charge is 0.461 e. The van der Waals surface area contributed by atoms with Crippen molar-refractivity contribution < 1.29 is 33.5 Å². The van der Waals surface area contributed by atoms with Gasteiger partial charge < -0.3 is 28.7 Å². The number of H-pyrrole nitrogens is 1. The number of esters is 1. The number of fused-ring (bicyclic) bond motifs is 1. The van der Waals surface area contributed by atoms with Crippen LogP contribution in [0.4, 0.5) is 0 Å². The number of aliphatic hydroxyl groups excluding tert-OH is 1. The molecule has 0 spiro atoms. The summed E-state index contributed by atoms with van der Waals surface area (Å²) in [6.45, 7) is -0.972. The fraction of sp³-hybridized carbons (Fsp3) is 0.483. The first kappa shape index (κ1) is 31.5. The molecule has 1 aliphatic carbocycles. The molecule has 1 unspecified atom stereocenters. The van der Waals surface area contributed by atoms with E-state index in [0.29, 0.717) is 5.75 Å². The van der Waals surface area contributed by atoms with Crippen LogP contribution in [0, 0.1) is 0 Å². The predicted octanol–water partition coefficient (Wildman–Crippen LogP) is 2.87. The third-order valence-electron chi connectivity index (χ3n) is 7.78. The Morgan fingerprint density at radius 2 is 1.91 bits per heavy atom. The van der Waals surface area contributed by atoms with E-state index in [-0.39, 0.29) is 12.7 Å². The molecule has 43 heavy (non-hydrogen) atoms. The molecule has 1 saturated heterocycles. The number of rotatable bonds is 10. The maximum Gasteiger partial charge on any atom is 0.330 e. The van der Waals surface area contributed by atoms with Crippen LogP contribution in [-0.4, -0.2) is 62.3 Å². The van der Waals surface area contributed by atoms with Gasteiger partial charge in [-0.15, -0.1) is 0 Å². The van der Waals surface area contributed by atoms with E-state index in [0.717, 1.165) is 53.5 Å². The lowest BCUT2D eigenvalue weighted by atomic mass is 9.96. The van der Waals surface area contributed by atoms with E-state index >= 15 is 0 Å².